The normalized spacial score (nSPS) is 16.9. The number of hydrogen-bond acceptors (Lipinski definition) is 2. The van der Waals surface area contributed by atoms with E-state index in [1.165, 1.54) is 6.26 Å². The van der Waals surface area contributed by atoms with Crippen molar-refractivity contribution < 1.29 is 9.53 Å². The second-order valence-electron chi connectivity index (χ2n) is 1.12. The van der Waals surface area contributed by atoms with E-state index in [-0.39, 0.29) is 4.80 Å². The Bertz CT molecular complexity index is 137. The van der Waals surface area contributed by atoms with Crippen molar-refractivity contribution in [1.29, 1.82) is 0 Å². The molecule has 0 spiro atoms. The summed E-state index contributed by atoms with van der Waals surface area (Å²) in [7, 11) is 0. The van der Waals surface area contributed by atoms with E-state index in [2.05, 4.69) is 4.74 Å². The molecule has 0 bridgehead atoms. The van der Waals surface area contributed by atoms with Crippen LogP contribution in [0, 0.1) is 0 Å². The van der Waals surface area contributed by atoms with Gasteiger partial charge in [-0.05, 0) is 0 Å². The van der Waals surface area contributed by atoms with Gasteiger partial charge in [0.15, 0.2) is 0 Å². The summed E-state index contributed by atoms with van der Waals surface area (Å²) in [5.74, 6) is 0. The molecule has 2 nitrogen and oxygen atoms in total. The molecule has 1 aliphatic rings. The van der Waals surface area contributed by atoms with Crippen LogP contribution >= 0.6 is 0 Å². The van der Waals surface area contributed by atoms with Gasteiger partial charge in [-0.15, -0.1) is 0 Å². The topological polar surface area (TPSA) is 26.3 Å². The summed E-state index contributed by atoms with van der Waals surface area (Å²) in [6.45, 7) is 0. The van der Waals surface area contributed by atoms with Crippen molar-refractivity contribution in [2.24, 2.45) is 0 Å². The first-order valence-corrected chi connectivity index (χ1v) is 4.54. The molecule has 0 aromatic carbocycles. The molecule has 0 saturated carbocycles. The molecular weight excluding hydrogens is 153 g/mol. The molecule has 0 amide bonds. The Labute approximate surface area is 47.2 Å². The van der Waals surface area contributed by atoms with Gasteiger partial charge in [0.1, 0.15) is 0 Å². The molecule has 3 heteroatoms. The molecule has 1 heterocycles. The Hall–Kier alpha value is -0.377. The molecule has 0 atom stereocenters. The van der Waals surface area contributed by atoms with E-state index in [1.807, 2.05) is 4.85 Å². The van der Waals surface area contributed by atoms with Crippen molar-refractivity contribution in [2.45, 2.75) is 0 Å². The average Bonchev–Trinajstić information content (AvgIpc) is 1.69. The minimum absolute atomic E-state index is 0.0220. The molecule has 0 unspecified atom stereocenters. The van der Waals surface area contributed by atoms with Gasteiger partial charge < -0.3 is 0 Å². The third kappa shape index (κ3) is 1.27. The van der Waals surface area contributed by atoms with E-state index in [4.69, 9.17) is 0 Å². The van der Waals surface area contributed by atoms with Crippen LogP contribution in [0.4, 0.5) is 4.79 Å². The Kier molecular flexibility index (Phi) is 1.41. The molecule has 0 radical (unpaired) electrons. The van der Waals surface area contributed by atoms with Gasteiger partial charge in [0, 0.05) is 0 Å². The number of allylic oxidation sites excluding steroid dienone is 1. The van der Waals surface area contributed by atoms with Crippen molar-refractivity contribution in [2.75, 3.05) is 0 Å². The zero-order valence-corrected chi connectivity index (χ0v) is 6.05. The van der Waals surface area contributed by atoms with Gasteiger partial charge in [-0.3, -0.25) is 0 Å². The number of cyclic esters (lactones) is 1. The van der Waals surface area contributed by atoms with Crippen LogP contribution in [-0.2, 0) is 4.74 Å². The summed E-state index contributed by atoms with van der Waals surface area (Å²) in [6.07, 6.45) is 3.20. The summed E-state index contributed by atoms with van der Waals surface area (Å²) >= 11 is -0.772. The molecular formula is C4H4GeO2. The predicted octanol–water partition coefficient (Wildman–Crippen LogP) is -0.111. The zero-order chi connectivity index (χ0) is 5.11. The fourth-order valence-corrected chi connectivity index (χ4v) is 1.41. The molecule has 1 rings (SSSR count). The first-order chi connectivity index (χ1) is 3.39. The summed E-state index contributed by atoms with van der Waals surface area (Å²) in [4.78, 5) is 12.1. The van der Waals surface area contributed by atoms with Gasteiger partial charge in [-0.1, -0.05) is 0 Å². The fraction of sp³-hybridized carbons (Fsp3) is 0. The monoisotopic (exact) mass is 158 g/mol. The Morgan fingerprint density at radius 3 is 2.86 bits per heavy atom. The summed E-state index contributed by atoms with van der Waals surface area (Å²) < 4.78 is 4.50. The molecule has 0 saturated heterocycles. The van der Waals surface area contributed by atoms with Crippen molar-refractivity contribution in [1.82, 2.24) is 0 Å². The molecule has 7 heavy (non-hydrogen) atoms. The number of carbonyl (C=O) groups is 1. The quantitative estimate of drug-likeness (QED) is 0.458. The third-order valence-electron chi connectivity index (χ3n) is 0.606. The van der Waals surface area contributed by atoms with Crippen LogP contribution in [0.3, 0.4) is 0 Å². The van der Waals surface area contributed by atoms with Gasteiger partial charge >= 0.3 is 46.5 Å². The van der Waals surface area contributed by atoms with E-state index in [0.29, 0.717) is 0 Å². The number of rotatable bonds is 0. The fourth-order valence-electron chi connectivity index (χ4n) is 0.325. The van der Waals surface area contributed by atoms with Crippen LogP contribution < -0.4 is 0 Å². The third-order valence-corrected chi connectivity index (χ3v) is 2.33. The SMILES string of the molecule is O=[C]1OC=C[CH]=[GeH]1. The van der Waals surface area contributed by atoms with E-state index in [9.17, 15) is 4.79 Å². The molecule has 36 valence electrons. The van der Waals surface area contributed by atoms with Gasteiger partial charge in [0.2, 0.25) is 0 Å². The van der Waals surface area contributed by atoms with Crippen LogP contribution in [-0.4, -0.2) is 24.6 Å². The predicted molar refractivity (Wildman–Crippen MR) is 28.8 cm³/mol. The molecule has 0 aromatic heterocycles. The Balaban J connectivity index is 2.66. The van der Waals surface area contributed by atoms with Crippen LogP contribution in [0.5, 0.6) is 0 Å². The van der Waals surface area contributed by atoms with Crippen LogP contribution in [0.25, 0.3) is 0 Å². The van der Waals surface area contributed by atoms with Crippen LogP contribution in [0.1, 0.15) is 0 Å². The van der Waals surface area contributed by atoms with E-state index < -0.39 is 15.0 Å². The Morgan fingerprint density at radius 1 is 1.71 bits per heavy atom. The molecule has 0 fully saturated rings. The molecule has 0 N–H and O–H groups in total. The Morgan fingerprint density at radius 2 is 2.57 bits per heavy atom. The van der Waals surface area contributed by atoms with Crippen LogP contribution in [0.2, 0.25) is 0 Å². The summed E-state index contributed by atoms with van der Waals surface area (Å²) in [5.41, 5.74) is 0. The maximum atomic E-state index is 10.2. The van der Waals surface area contributed by atoms with Gasteiger partial charge in [-0.2, -0.15) is 0 Å². The van der Waals surface area contributed by atoms with E-state index in [0.717, 1.165) is 0 Å². The summed E-state index contributed by atoms with van der Waals surface area (Å²) in [6, 6.07) is 0. The molecule has 0 aromatic rings. The van der Waals surface area contributed by atoms with Crippen molar-refractivity contribution >= 4 is 24.6 Å². The standard InChI is InChI=1S/C4H4GeO2/c6-4-5-2-1-3-7-4/h1-3,5H. The van der Waals surface area contributed by atoms with Crippen molar-refractivity contribution in [3.63, 3.8) is 0 Å². The maximum absolute atomic E-state index is 10.2. The van der Waals surface area contributed by atoms with Crippen molar-refractivity contribution in [3.8, 4) is 0 Å². The van der Waals surface area contributed by atoms with E-state index in [1.54, 1.807) is 6.08 Å². The first kappa shape index (κ1) is 4.77. The number of carbonyl (C=O) groups excluding carboxylic acids is 1. The first-order valence-electron chi connectivity index (χ1n) is 1.93. The minimum atomic E-state index is -0.772. The van der Waals surface area contributed by atoms with Crippen LogP contribution in [0.15, 0.2) is 12.3 Å². The zero-order valence-electron chi connectivity index (χ0n) is 3.63. The molecule has 0 aliphatic carbocycles. The van der Waals surface area contributed by atoms with Gasteiger partial charge in [0.05, 0.1) is 0 Å². The second-order valence-corrected chi connectivity index (χ2v) is 3.62. The van der Waals surface area contributed by atoms with E-state index >= 15 is 0 Å². The average molecular weight is 157 g/mol. The number of ether oxygens (including phenoxy) is 1. The number of hydrogen-bond donors (Lipinski definition) is 0. The summed E-state index contributed by atoms with van der Waals surface area (Å²) in [5, 5.41) is 0. The van der Waals surface area contributed by atoms with Gasteiger partial charge in [0.25, 0.3) is 0 Å². The van der Waals surface area contributed by atoms with Gasteiger partial charge in [-0.25, -0.2) is 0 Å². The second kappa shape index (κ2) is 2.07. The van der Waals surface area contributed by atoms with Crippen molar-refractivity contribution in [3.05, 3.63) is 12.3 Å². The molecule has 1 aliphatic heterocycles.